The van der Waals surface area contributed by atoms with Gasteiger partial charge in [0.05, 0.1) is 17.8 Å². The van der Waals surface area contributed by atoms with Crippen molar-refractivity contribution in [2.45, 2.75) is 0 Å². The second-order valence-electron chi connectivity index (χ2n) is 5.79. The third kappa shape index (κ3) is 5.70. The molecule has 0 bridgehead atoms. The first-order chi connectivity index (χ1) is 14.0. The van der Waals surface area contributed by atoms with Crippen LogP contribution in [0.2, 0.25) is 0 Å². The Hall–Kier alpha value is -4.08. The molecule has 0 atom stereocenters. The topological polar surface area (TPSA) is 115 Å². The van der Waals surface area contributed by atoms with E-state index < -0.39 is 30.2 Å². The molecule has 2 amide bonds. The number of carbonyl (C=O) groups excluding carboxylic acids is 3. The largest absolute Gasteiger partial charge is 0.452 e. The summed E-state index contributed by atoms with van der Waals surface area (Å²) in [5, 5.41) is 8.79. The molecule has 9 nitrogen and oxygen atoms in total. The molecule has 0 unspecified atom stereocenters. The van der Waals surface area contributed by atoms with E-state index in [1.807, 2.05) is 0 Å². The highest BCUT2D eigenvalue weighted by Crippen LogP contribution is 2.09. The molecule has 2 aromatic carbocycles. The summed E-state index contributed by atoms with van der Waals surface area (Å²) < 4.78 is 19.3. The number of carbonyl (C=O) groups is 3. The number of benzene rings is 2. The third-order valence-electron chi connectivity index (χ3n) is 3.69. The molecule has 148 valence electrons. The summed E-state index contributed by atoms with van der Waals surface area (Å²) in [5.41, 5.74) is 1.37. The van der Waals surface area contributed by atoms with Gasteiger partial charge in [-0.3, -0.25) is 9.59 Å². The molecule has 2 N–H and O–H groups in total. The smallest absolute Gasteiger partial charge is 0.338 e. The van der Waals surface area contributed by atoms with E-state index in [2.05, 4.69) is 20.7 Å². The van der Waals surface area contributed by atoms with Crippen molar-refractivity contribution in [3.05, 3.63) is 72.6 Å². The second-order valence-corrected chi connectivity index (χ2v) is 5.79. The van der Waals surface area contributed by atoms with Gasteiger partial charge < -0.3 is 15.4 Å². The van der Waals surface area contributed by atoms with Crippen LogP contribution in [0.1, 0.15) is 10.4 Å². The normalized spacial score (nSPS) is 10.2. The predicted molar refractivity (Wildman–Crippen MR) is 99.7 cm³/mol. The maximum atomic E-state index is 12.8. The minimum atomic E-state index is -0.680. The lowest BCUT2D eigenvalue weighted by atomic mass is 10.2. The van der Waals surface area contributed by atoms with E-state index in [4.69, 9.17) is 4.74 Å². The zero-order valence-corrected chi connectivity index (χ0v) is 15.0. The number of hydrogen-bond donors (Lipinski definition) is 2. The van der Waals surface area contributed by atoms with E-state index in [0.29, 0.717) is 11.4 Å². The van der Waals surface area contributed by atoms with Crippen LogP contribution in [0, 0.1) is 5.82 Å². The van der Waals surface area contributed by atoms with Gasteiger partial charge in [0.25, 0.3) is 5.91 Å². The Morgan fingerprint density at radius 3 is 2.38 bits per heavy atom. The Labute approximate surface area is 164 Å². The molecular weight excluding hydrogens is 381 g/mol. The van der Waals surface area contributed by atoms with Crippen molar-refractivity contribution >= 4 is 23.5 Å². The van der Waals surface area contributed by atoms with Gasteiger partial charge in [0, 0.05) is 5.69 Å². The maximum Gasteiger partial charge on any atom is 0.338 e. The van der Waals surface area contributed by atoms with Gasteiger partial charge in [-0.2, -0.15) is 5.10 Å². The molecule has 0 aliphatic carbocycles. The predicted octanol–water partition coefficient (Wildman–Crippen LogP) is 1.32. The van der Waals surface area contributed by atoms with E-state index in [1.54, 1.807) is 12.1 Å². The van der Waals surface area contributed by atoms with Crippen LogP contribution >= 0.6 is 0 Å². The lowest BCUT2D eigenvalue weighted by Gasteiger charge is -2.08. The molecule has 3 rings (SSSR count). The summed E-state index contributed by atoms with van der Waals surface area (Å²) in [5.74, 6) is -2.24. The fraction of sp³-hybridized carbons (Fsp3) is 0.105. The van der Waals surface area contributed by atoms with Crippen LogP contribution in [-0.2, 0) is 14.3 Å². The number of nitrogens with zero attached hydrogens (tertiary/aromatic N) is 3. The first-order valence-corrected chi connectivity index (χ1v) is 8.45. The number of nitrogens with one attached hydrogen (secondary N) is 2. The van der Waals surface area contributed by atoms with Gasteiger partial charge in [0.1, 0.15) is 18.5 Å². The summed E-state index contributed by atoms with van der Waals surface area (Å²) in [7, 11) is 0. The average Bonchev–Trinajstić information content (AvgIpc) is 3.27. The first kappa shape index (κ1) is 19.7. The summed E-state index contributed by atoms with van der Waals surface area (Å²) in [6.45, 7) is -0.853. The first-order valence-electron chi connectivity index (χ1n) is 8.45. The number of hydrogen-bond acceptors (Lipinski definition) is 6. The zero-order valence-electron chi connectivity index (χ0n) is 15.0. The van der Waals surface area contributed by atoms with Crippen molar-refractivity contribution in [1.29, 1.82) is 0 Å². The summed E-state index contributed by atoms with van der Waals surface area (Å²) in [6.07, 6.45) is 2.91. The number of esters is 1. The molecule has 0 aliphatic rings. The monoisotopic (exact) mass is 397 g/mol. The van der Waals surface area contributed by atoms with Crippen LogP contribution < -0.4 is 10.6 Å². The van der Waals surface area contributed by atoms with E-state index in [1.165, 1.54) is 53.7 Å². The molecule has 0 spiro atoms. The van der Waals surface area contributed by atoms with E-state index in [-0.39, 0.29) is 12.1 Å². The van der Waals surface area contributed by atoms with Crippen molar-refractivity contribution < 1.29 is 23.5 Å². The van der Waals surface area contributed by atoms with Crippen LogP contribution in [0.15, 0.2) is 61.2 Å². The molecule has 0 aliphatic heterocycles. The Kier molecular flexibility index (Phi) is 6.25. The summed E-state index contributed by atoms with van der Waals surface area (Å²) in [4.78, 5) is 39.3. The number of ether oxygens (including phenoxy) is 1. The van der Waals surface area contributed by atoms with Crippen molar-refractivity contribution in [2.75, 3.05) is 18.5 Å². The van der Waals surface area contributed by atoms with Crippen LogP contribution in [-0.4, -0.2) is 45.7 Å². The highest BCUT2D eigenvalue weighted by atomic mass is 19.1. The third-order valence-corrected chi connectivity index (χ3v) is 3.69. The number of aromatic nitrogens is 3. The van der Waals surface area contributed by atoms with E-state index >= 15 is 0 Å². The fourth-order valence-electron chi connectivity index (χ4n) is 2.27. The van der Waals surface area contributed by atoms with Crippen molar-refractivity contribution in [3.8, 4) is 5.69 Å². The van der Waals surface area contributed by atoms with Crippen molar-refractivity contribution in [1.82, 2.24) is 20.1 Å². The highest BCUT2D eigenvalue weighted by molar-refractivity contribution is 5.95. The Bertz CT molecular complexity index is 988. The zero-order chi connectivity index (χ0) is 20.6. The minimum Gasteiger partial charge on any atom is -0.452 e. The van der Waals surface area contributed by atoms with Crippen LogP contribution in [0.25, 0.3) is 5.69 Å². The average molecular weight is 397 g/mol. The van der Waals surface area contributed by atoms with E-state index in [0.717, 1.165) is 0 Å². The van der Waals surface area contributed by atoms with Gasteiger partial charge in [-0.15, -0.1) is 0 Å². The number of anilines is 1. The Balaban J connectivity index is 1.41. The molecule has 1 aromatic heterocycles. The standard InChI is InChI=1S/C19H16FN5O4/c20-14-3-5-15(6-4-14)24-17(26)9-22-18(27)10-29-19(28)13-1-7-16(8-2-13)25-12-21-11-23-25/h1-8,11-12H,9-10H2,(H,22,27)(H,24,26). The molecule has 3 aromatic rings. The Morgan fingerprint density at radius 2 is 1.72 bits per heavy atom. The number of rotatable bonds is 7. The number of halogens is 1. The summed E-state index contributed by atoms with van der Waals surface area (Å²) in [6, 6.07) is 11.6. The quantitative estimate of drug-likeness (QED) is 0.581. The lowest BCUT2D eigenvalue weighted by Crippen LogP contribution is -2.35. The van der Waals surface area contributed by atoms with Gasteiger partial charge in [0.15, 0.2) is 6.61 Å². The number of amides is 2. The Morgan fingerprint density at radius 1 is 1.00 bits per heavy atom. The molecular formula is C19H16FN5O4. The highest BCUT2D eigenvalue weighted by Gasteiger charge is 2.12. The molecule has 0 fully saturated rings. The molecule has 10 heteroatoms. The van der Waals surface area contributed by atoms with Gasteiger partial charge in [0.2, 0.25) is 5.91 Å². The van der Waals surface area contributed by atoms with Crippen molar-refractivity contribution in [3.63, 3.8) is 0 Å². The molecule has 1 heterocycles. The summed E-state index contributed by atoms with van der Waals surface area (Å²) >= 11 is 0. The van der Waals surface area contributed by atoms with Crippen molar-refractivity contribution in [2.24, 2.45) is 0 Å². The van der Waals surface area contributed by atoms with Gasteiger partial charge in [-0.05, 0) is 48.5 Å². The second kappa shape index (κ2) is 9.22. The maximum absolute atomic E-state index is 12.8. The van der Waals surface area contributed by atoms with Gasteiger partial charge in [-0.25, -0.2) is 18.9 Å². The molecule has 0 saturated heterocycles. The molecule has 0 saturated carbocycles. The molecule has 0 radical (unpaired) electrons. The SMILES string of the molecule is O=C(COC(=O)c1ccc(-n2cncn2)cc1)NCC(=O)Nc1ccc(F)cc1. The minimum absolute atomic E-state index is 0.260. The fourth-order valence-corrected chi connectivity index (χ4v) is 2.27. The molecule has 29 heavy (non-hydrogen) atoms. The van der Waals surface area contributed by atoms with Crippen LogP contribution in [0.5, 0.6) is 0 Å². The van der Waals surface area contributed by atoms with Gasteiger partial charge >= 0.3 is 5.97 Å². The van der Waals surface area contributed by atoms with Crippen LogP contribution in [0.4, 0.5) is 10.1 Å². The van der Waals surface area contributed by atoms with E-state index in [9.17, 15) is 18.8 Å². The van der Waals surface area contributed by atoms with Gasteiger partial charge in [-0.1, -0.05) is 0 Å². The van der Waals surface area contributed by atoms with Crippen LogP contribution in [0.3, 0.4) is 0 Å². The lowest BCUT2D eigenvalue weighted by molar-refractivity contribution is -0.126.